The third kappa shape index (κ3) is 3.98. The average molecular weight is 302 g/mol. The van der Waals surface area contributed by atoms with Gasteiger partial charge in [0.1, 0.15) is 0 Å². The van der Waals surface area contributed by atoms with Crippen LogP contribution in [0.4, 0.5) is 11.4 Å². The van der Waals surface area contributed by atoms with Crippen LogP contribution in [0.1, 0.15) is 13.8 Å². The molecule has 2 rings (SSSR count). The van der Waals surface area contributed by atoms with Crippen molar-refractivity contribution in [2.45, 2.75) is 23.6 Å². The van der Waals surface area contributed by atoms with Crippen molar-refractivity contribution in [3.63, 3.8) is 0 Å². The normalized spacial score (nSPS) is 10.4. The molecular formula is C16H18N2O2S. The second-order valence-electron chi connectivity index (χ2n) is 4.52. The number of benzene rings is 2. The van der Waals surface area contributed by atoms with Crippen molar-refractivity contribution < 1.29 is 4.92 Å². The van der Waals surface area contributed by atoms with Gasteiger partial charge in [-0.3, -0.25) is 10.1 Å². The Hall–Kier alpha value is -2.01. The topological polar surface area (TPSA) is 46.4 Å². The summed E-state index contributed by atoms with van der Waals surface area (Å²) in [7, 11) is 0. The zero-order valence-electron chi connectivity index (χ0n) is 12.2. The maximum atomic E-state index is 10.6. The van der Waals surface area contributed by atoms with Gasteiger partial charge in [-0.25, -0.2) is 0 Å². The number of anilines is 1. The number of non-ortho nitro benzene ring substituents is 1. The van der Waals surface area contributed by atoms with Gasteiger partial charge in [0.05, 0.1) is 4.92 Å². The van der Waals surface area contributed by atoms with Crippen LogP contribution in [0, 0.1) is 10.1 Å². The van der Waals surface area contributed by atoms with Gasteiger partial charge in [0, 0.05) is 40.7 Å². The Kier molecular flexibility index (Phi) is 5.22. The molecule has 110 valence electrons. The lowest BCUT2D eigenvalue weighted by Gasteiger charge is -2.21. The number of nitrogens with zero attached hydrogens (tertiary/aromatic N) is 2. The van der Waals surface area contributed by atoms with E-state index in [4.69, 9.17) is 0 Å². The SMILES string of the molecule is CCN(CC)c1cccc(Sc2ccc([N+](=O)[O-])cc2)c1. The fraction of sp³-hybridized carbons (Fsp3) is 0.250. The minimum atomic E-state index is -0.380. The van der Waals surface area contributed by atoms with Gasteiger partial charge in [-0.1, -0.05) is 17.8 Å². The molecule has 2 aromatic carbocycles. The van der Waals surface area contributed by atoms with E-state index in [1.807, 2.05) is 6.07 Å². The fourth-order valence-corrected chi connectivity index (χ4v) is 2.98. The summed E-state index contributed by atoms with van der Waals surface area (Å²) >= 11 is 1.61. The van der Waals surface area contributed by atoms with Crippen molar-refractivity contribution in [3.8, 4) is 0 Å². The molecule has 5 heteroatoms. The van der Waals surface area contributed by atoms with Crippen LogP contribution in [0.25, 0.3) is 0 Å². The molecule has 2 aromatic rings. The van der Waals surface area contributed by atoms with E-state index >= 15 is 0 Å². The minimum absolute atomic E-state index is 0.122. The van der Waals surface area contributed by atoms with Crippen LogP contribution in [0.2, 0.25) is 0 Å². The van der Waals surface area contributed by atoms with E-state index in [-0.39, 0.29) is 10.6 Å². The molecule has 0 N–H and O–H groups in total. The zero-order chi connectivity index (χ0) is 15.2. The first kappa shape index (κ1) is 15.4. The molecule has 0 saturated heterocycles. The highest BCUT2D eigenvalue weighted by Crippen LogP contribution is 2.31. The molecule has 0 saturated carbocycles. The van der Waals surface area contributed by atoms with E-state index in [1.54, 1.807) is 23.9 Å². The first-order valence-electron chi connectivity index (χ1n) is 6.91. The highest BCUT2D eigenvalue weighted by Gasteiger charge is 2.06. The number of nitro benzene ring substituents is 1. The predicted molar refractivity (Wildman–Crippen MR) is 87.2 cm³/mol. The third-order valence-corrected chi connectivity index (χ3v) is 4.23. The van der Waals surface area contributed by atoms with E-state index in [2.05, 4.69) is 36.9 Å². The Balaban J connectivity index is 2.15. The maximum absolute atomic E-state index is 10.6. The van der Waals surface area contributed by atoms with Crippen molar-refractivity contribution in [3.05, 3.63) is 58.6 Å². The lowest BCUT2D eigenvalue weighted by Crippen LogP contribution is -2.21. The molecular weight excluding hydrogens is 284 g/mol. The number of hydrogen-bond donors (Lipinski definition) is 0. The third-order valence-electron chi connectivity index (χ3n) is 3.23. The molecule has 0 amide bonds. The number of nitro groups is 1. The van der Waals surface area contributed by atoms with Gasteiger partial charge in [0.2, 0.25) is 0 Å². The maximum Gasteiger partial charge on any atom is 0.269 e. The summed E-state index contributed by atoms with van der Waals surface area (Å²) in [4.78, 5) is 14.7. The van der Waals surface area contributed by atoms with Crippen LogP contribution >= 0.6 is 11.8 Å². The zero-order valence-corrected chi connectivity index (χ0v) is 13.0. The van der Waals surface area contributed by atoms with Crippen molar-refractivity contribution in [2.75, 3.05) is 18.0 Å². The van der Waals surface area contributed by atoms with Crippen LogP contribution in [0.5, 0.6) is 0 Å². The summed E-state index contributed by atoms with van der Waals surface area (Å²) in [5.41, 5.74) is 1.32. The van der Waals surface area contributed by atoms with Gasteiger partial charge in [-0.2, -0.15) is 0 Å². The number of hydrogen-bond acceptors (Lipinski definition) is 4. The summed E-state index contributed by atoms with van der Waals surface area (Å²) in [6.07, 6.45) is 0. The molecule has 0 atom stereocenters. The van der Waals surface area contributed by atoms with E-state index in [0.717, 1.165) is 22.9 Å². The second kappa shape index (κ2) is 7.13. The van der Waals surface area contributed by atoms with Crippen LogP contribution < -0.4 is 4.90 Å². The highest BCUT2D eigenvalue weighted by atomic mass is 32.2. The van der Waals surface area contributed by atoms with Crippen LogP contribution in [-0.2, 0) is 0 Å². The first-order chi connectivity index (χ1) is 10.1. The van der Waals surface area contributed by atoms with Crippen molar-refractivity contribution >= 4 is 23.1 Å². The minimum Gasteiger partial charge on any atom is -0.372 e. The molecule has 0 bridgehead atoms. The lowest BCUT2D eigenvalue weighted by molar-refractivity contribution is -0.384. The number of rotatable bonds is 6. The quantitative estimate of drug-likeness (QED) is 0.578. The molecule has 4 nitrogen and oxygen atoms in total. The molecule has 0 spiro atoms. The summed E-state index contributed by atoms with van der Waals surface area (Å²) < 4.78 is 0. The van der Waals surface area contributed by atoms with Crippen LogP contribution in [-0.4, -0.2) is 18.0 Å². The molecule has 0 fully saturated rings. The Morgan fingerprint density at radius 3 is 2.29 bits per heavy atom. The standard InChI is InChI=1S/C16H18N2O2S/c1-3-17(4-2)14-6-5-7-16(12-14)21-15-10-8-13(9-11-15)18(19)20/h5-12H,3-4H2,1-2H3. The highest BCUT2D eigenvalue weighted by molar-refractivity contribution is 7.99. The monoisotopic (exact) mass is 302 g/mol. The van der Waals surface area contributed by atoms with Crippen molar-refractivity contribution in [1.82, 2.24) is 0 Å². The largest absolute Gasteiger partial charge is 0.372 e. The summed E-state index contributed by atoms with van der Waals surface area (Å²) in [5, 5.41) is 10.6. The second-order valence-corrected chi connectivity index (χ2v) is 5.67. The van der Waals surface area contributed by atoms with E-state index in [9.17, 15) is 10.1 Å². The van der Waals surface area contributed by atoms with Crippen molar-refractivity contribution in [2.24, 2.45) is 0 Å². The molecule has 0 aliphatic carbocycles. The molecule has 0 heterocycles. The van der Waals surface area contributed by atoms with Crippen LogP contribution in [0.15, 0.2) is 58.3 Å². The lowest BCUT2D eigenvalue weighted by atomic mass is 10.3. The Bertz CT molecular complexity index is 610. The van der Waals surface area contributed by atoms with E-state index in [1.165, 1.54) is 17.8 Å². The molecule has 0 radical (unpaired) electrons. The Morgan fingerprint density at radius 1 is 1.05 bits per heavy atom. The fourth-order valence-electron chi connectivity index (χ4n) is 2.10. The predicted octanol–water partition coefficient (Wildman–Crippen LogP) is 4.59. The molecule has 21 heavy (non-hydrogen) atoms. The van der Waals surface area contributed by atoms with Gasteiger partial charge >= 0.3 is 0 Å². The summed E-state index contributed by atoms with van der Waals surface area (Å²) in [6.45, 7) is 6.23. The van der Waals surface area contributed by atoms with Gasteiger partial charge < -0.3 is 4.90 Å². The molecule has 0 aromatic heterocycles. The molecule has 0 aliphatic rings. The van der Waals surface area contributed by atoms with E-state index < -0.39 is 0 Å². The molecule has 0 aliphatic heterocycles. The molecule has 0 unspecified atom stereocenters. The Morgan fingerprint density at radius 2 is 1.71 bits per heavy atom. The van der Waals surface area contributed by atoms with Crippen LogP contribution in [0.3, 0.4) is 0 Å². The first-order valence-corrected chi connectivity index (χ1v) is 7.73. The van der Waals surface area contributed by atoms with Crippen molar-refractivity contribution in [1.29, 1.82) is 0 Å². The average Bonchev–Trinajstić information content (AvgIpc) is 2.49. The van der Waals surface area contributed by atoms with Gasteiger partial charge in [-0.05, 0) is 44.2 Å². The van der Waals surface area contributed by atoms with Gasteiger partial charge in [-0.15, -0.1) is 0 Å². The van der Waals surface area contributed by atoms with Gasteiger partial charge in [0.25, 0.3) is 5.69 Å². The smallest absolute Gasteiger partial charge is 0.269 e. The summed E-state index contributed by atoms with van der Waals surface area (Å²) in [5.74, 6) is 0. The van der Waals surface area contributed by atoms with Gasteiger partial charge in [0.15, 0.2) is 0 Å². The Labute approximate surface area is 128 Å². The van der Waals surface area contributed by atoms with E-state index in [0.29, 0.717) is 0 Å². The summed E-state index contributed by atoms with van der Waals surface area (Å²) in [6, 6.07) is 15.0.